The van der Waals surface area contributed by atoms with E-state index in [1.165, 1.54) is 34.4 Å². The first kappa shape index (κ1) is 34.9. The molecule has 6 heteroatoms. The van der Waals surface area contributed by atoms with Crippen LogP contribution in [-0.4, -0.2) is 20.7 Å². The summed E-state index contributed by atoms with van der Waals surface area (Å²) in [6.07, 6.45) is 3.16. The van der Waals surface area contributed by atoms with E-state index in [0.29, 0.717) is 23.3 Å². The zero-order chi connectivity index (χ0) is 36.7. The zero-order valence-electron chi connectivity index (χ0n) is 31.7. The summed E-state index contributed by atoms with van der Waals surface area (Å²) >= 11 is 2.47. The average molecular weight is 868 g/mol. The second kappa shape index (κ2) is 12.4. The van der Waals surface area contributed by atoms with Gasteiger partial charge in [-0.2, -0.15) is 0 Å². The molecule has 1 aliphatic carbocycles. The van der Waals surface area contributed by atoms with Gasteiger partial charge >= 0.3 is 277 Å². The van der Waals surface area contributed by atoms with E-state index in [1.807, 2.05) is 12.3 Å². The van der Waals surface area contributed by atoms with Crippen molar-refractivity contribution in [2.75, 3.05) is 11.4 Å². The van der Waals surface area contributed by atoms with Gasteiger partial charge in [0.1, 0.15) is 0 Å². The van der Waals surface area contributed by atoms with E-state index < -0.39 is 0 Å². The van der Waals surface area contributed by atoms with Gasteiger partial charge in [0, 0.05) is 6.20 Å². The van der Waals surface area contributed by atoms with Gasteiger partial charge in [-0.25, -0.2) is 0 Å². The number of anilines is 2. The maximum absolute atomic E-state index is 6.59. The summed E-state index contributed by atoms with van der Waals surface area (Å²) in [5.74, 6) is 3.57. The van der Waals surface area contributed by atoms with Gasteiger partial charge < -0.3 is 0 Å². The second-order valence-electron chi connectivity index (χ2n) is 17.7. The molecule has 2 aliphatic rings. The number of pyridine rings is 1. The van der Waals surface area contributed by atoms with E-state index in [0.717, 1.165) is 38.6 Å². The molecule has 2 atom stereocenters. The molecular formula is C46H48N4OPt-2. The van der Waals surface area contributed by atoms with Crippen molar-refractivity contribution < 1.29 is 24.1 Å². The molecule has 0 bridgehead atoms. The van der Waals surface area contributed by atoms with Crippen LogP contribution in [0.5, 0.6) is 11.5 Å². The van der Waals surface area contributed by atoms with Crippen molar-refractivity contribution in [2.24, 2.45) is 5.92 Å². The van der Waals surface area contributed by atoms with Gasteiger partial charge in [-0.05, 0) is 17.0 Å². The fourth-order valence-electron chi connectivity index (χ4n) is 7.39. The van der Waals surface area contributed by atoms with Crippen LogP contribution in [-0.2, 0) is 35.6 Å². The van der Waals surface area contributed by atoms with Crippen LogP contribution >= 0.6 is 0 Å². The third-order valence-corrected chi connectivity index (χ3v) is 11.7. The fourth-order valence-corrected chi connectivity index (χ4v) is 8.50. The van der Waals surface area contributed by atoms with Gasteiger partial charge in [-0.1, -0.05) is 20.8 Å². The summed E-state index contributed by atoms with van der Waals surface area (Å²) in [5, 5.41) is 0. The van der Waals surface area contributed by atoms with Crippen molar-refractivity contribution in [1.82, 2.24) is 14.1 Å². The molecule has 8 rings (SSSR count). The first-order valence-corrected chi connectivity index (χ1v) is 19.5. The molecule has 2 unspecified atom stereocenters. The van der Waals surface area contributed by atoms with Crippen LogP contribution in [0.1, 0.15) is 96.9 Å². The predicted octanol–water partition coefficient (Wildman–Crippen LogP) is 11.4. The molecule has 5 nitrogen and oxygen atoms in total. The van der Waals surface area contributed by atoms with Crippen molar-refractivity contribution in [1.29, 1.82) is 0 Å². The van der Waals surface area contributed by atoms with Crippen LogP contribution in [0.2, 0.25) is 0 Å². The first-order valence-electron chi connectivity index (χ1n) is 18.4. The molecule has 270 valence electrons. The Bertz CT molecular complexity index is 2370. The molecule has 0 radical (unpaired) electrons. The van der Waals surface area contributed by atoms with E-state index >= 15 is 0 Å². The molecule has 0 amide bonds. The summed E-state index contributed by atoms with van der Waals surface area (Å²) < 4.78 is 12.3. The molecule has 52 heavy (non-hydrogen) atoms. The molecule has 1 saturated carbocycles. The van der Waals surface area contributed by atoms with Crippen LogP contribution < -0.4 is 9.64 Å². The SMILES string of the molecule is CC(C)(C)c1cc(-n2[c](=[Pt])n(-c3[c-]c(Oc4[c-]c5c(cc4)C4CC4CN5c4cc(C(C)(C)C)ccn4)ccc3)c3ccccc32)cc(C(C)(C)C)c1. The van der Waals surface area contributed by atoms with Gasteiger partial charge in [0.2, 0.25) is 0 Å². The Morgan fingerprint density at radius 3 is 2.02 bits per heavy atom. The molecule has 0 saturated heterocycles. The van der Waals surface area contributed by atoms with E-state index in [2.05, 4.69) is 187 Å². The number of benzene rings is 4. The molecule has 3 heterocycles. The van der Waals surface area contributed by atoms with Crippen LogP contribution in [0, 0.1) is 21.9 Å². The molecule has 4 aromatic carbocycles. The Morgan fingerprint density at radius 1 is 0.692 bits per heavy atom. The van der Waals surface area contributed by atoms with Crippen LogP contribution in [0.15, 0.2) is 91.1 Å². The van der Waals surface area contributed by atoms with E-state index in [-0.39, 0.29) is 16.2 Å². The van der Waals surface area contributed by atoms with E-state index in [9.17, 15) is 0 Å². The monoisotopic (exact) mass is 867 g/mol. The second-order valence-corrected chi connectivity index (χ2v) is 18.7. The Morgan fingerprint density at radius 2 is 1.35 bits per heavy atom. The van der Waals surface area contributed by atoms with Gasteiger partial charge in [-0.15, -0.1) is 0 Å². The van der Waals surface area contributed by atoms with Crippen molar-refractivity contribution in [3.05, 3.63) is 129 Å². The van der Waals surface area contributed by atoms with Crippen molar-refractivity contribution in [2.45, 2.75) is 90.9 Å². The Balaban J connectivity index is 1.18. The number of rotatable bonds is 5. The van der Waals surface area contributed by atoms with Crippen LogP contribution in [0.3, 0.4) is 0 Å². The predicted molar refractivity (Wildman–Crippen MR) is 208 cm³/mol. The van der Waals surface area contributed by atoms with Crippen molar-refractivity contribution in [3.8, 4) is 22.9 Å². The maximum atomic E-state index is 6.59. The molecule has 1 aliphatic heterocycles. The number of hydrogen-bond donors (Lipinski definition) is 0. The molecule has 0 N–H and O–H groups in total. The Kier molecular flexibility index (Phi) is 8.34. The van der Waals surface area contributed by atoms with Crippen LogP contribution in [0.4, 0.5) is 11.5 Å². The number of ether oxygens (including phenoxy) is 1. The zero-order valence-corrected chi connectivity index (χ0v) is 34.0. The number of aromatic nitrogens is 3. The van der Waals surface area contributed by atoms with Gasteiger partial charge in [0.15, 0.2) is 0 Å². The summed E-state index contributed by atoms with van der Waals surface area (Å²) in [7, 11) is 0. The summed E-state index contributed by atoms with van der Waals surface area (Å²) in [6, 6.07) is 37.8. The Labute approximate surface area is 319 Å². The number of nitrogens with zero attached hydrogens (tertiary/aromatic N) is 4. The third-order valence-electron chi connectivity index (χ3n) is 10.7. The van der Waals surface area contributed by atoms with Crippen LogP contribution in [0.25, 0.3) is 22.4 Å². The molecular weight excluding hydrogens is 820 g/mol. The van der Waals surface area contributed by atoms with Gasteiger partial charge in [0.25, 0.3) is 0 Å². The summed E-state index contributed by atoms with van der Waals surface area (Å²) in [4.78, 5) is 7.18. The van der Waals surface area contributed by atoms with Crippen molar-refractivity contribution >= 4 is 22.5 Å². The minimum absolute atomic E-state index is 0.0120. The number of para-hydroxylation sites is 2. The third kappa shape index (κ3) is 6.40. The van der Waals surface area contributed by atoms with E-state index in [4.69, 9.17) is 9.72 Å². The van der Waals surface area contributed by atoms with Gasteiger partial charge in [-0.3, -0.25) is 0 Å². The van der Waals surface area contributed by atoms with Crippen molar-refractivity contribution in [3.63, 3.8) is 0 Å². The molecule has 0 spiro atoms. The first-order chi connectivity index (χ1) is 24.6. The molecule has 2 aromatic heterocycles. The number of fused-ring (bicyclic) bond motifs is 4. The summed E-state index contributed by atoms with van der Waals surface area (Å²) in [6.45, 7) is 21.5. The Hall–Kier alpha value is -4.21. The number of hydrogen-bond acceptors (Lipinski definition) is 3. The average Bonchev–Trinajstić information content (AvgIpc) is 3.82. The molecule has 6 aromatic rings. The van der Waals surface area contributed by atoms with Gasteiger partial charge in [0.05, 0.1) is 0 Å². The standard InChI is InChI=1S/C46H48N4O.Pt/c1-44(2,3)31-19-20-47-43(25-31)48-28-30-21-39(30)38-18-17-37(27-42(38)48)51-36-14-12-13-34(26-36)49-29-50(41-16-11-10-15-40(41)49)35-23-32(45(4,5)6)22-33(24-35)46(7,8)9;/h10-20,22-25,30,39H,21,28H2,1-9H3;/q-2;. The minimum atomic E-state index is 0.0120. The van der Waals surface area contributed by atoms with E-state index in [1.54, 1.807) is 0 Å². The number of imidazole rings is 1. The molecule has 1 fully saturated rings. The fraction of sp³-hybridized carbons (Fsp3) is 0.348. The quantitative estimate of drug-likeness (QED) is 0.162. The summed E-state index contributed by atoms with van der Waals surface area (Å²) in [5.41, 5.74) is 10.8. The normalized spacial score (nSPS) is 17.2. The topological polar surface area (TPSA) is 35.2 Å².